The van der Waals surface area contributed by atoms with Crippen molar-refractivity contribution in [1.82, 2.24) is 0 Å². The van der Waals surface area contributed by atoms with Crippen molar-refractivity contribution >= 4 is 9.76 Å². The molecule has 0 radical (unpaired) electrons. The van der Waals surface area contributed by atoms with Crippen LogP contribution in [0, 0.1) is 0 Å². The molecule has 0 fully saturated rings. The minimum absolute atomic E-state index is 0.170. The van der Waals surface area contributed by atoms with Crippen LogP contribution in [0.5, 0.6) is 0 Å². The molecule has 0 unspecified atom stereocenters. The average Bonchev–Trinajstić information content (AvgIpc) is 2.16. The van der Waals surface area contributed by atoms with E-state index < -0.39 is 0 Å². The molecule has 0 spiro atoms. The third-order valence-corrected chi connectivity index (χ3v) is 3.40. The Hall–Kier alpha value is 0.137. The lowest BCUT2D eigenvalue weighted by Gasteiger charge is -2.03. The Balaban J connectivity index is 2.76. The van der Waals surface area contributed by atoms with Gasteiger partial charge in [0, 0.05) is 20.3 Å². The lowest BCUT2D eigenvalue weighted by molar-refractivity contribution is 0.189. The van der Waals surface area contributed by atoms with E-state index in [1.54, 1.807) is 7.11 Å². The number of ether oxygens (including phenoxy) is 1. The van der Waals surface area contributed by atoms with Crippen LogP contribution in [0.3, 0.4) is 0 Å². The van der Waals surface area contributed by atoms with E-state index >= 15 is 0 Å². The first-order chi connectivity index (χ1) is 6.41. The summed E-state index contributed by atoms with van der Waals surface area (Å²) < 4.78 is 10.6. The van der Waals surface area contributed by atoms with Crippen molar-refractivity contribution in [2.75, 3.05) is 20.3 Å². The zero-order valence-electron chi connectivity index (χ0n) is 9.18. The fourth-order valence-corrected chi connectivity index (χ4v) is 2.50. The fourth-order valence-electron chi connectivity index (χ4n) is 1.18. The minimum Gasteiger partial charge on any atom is -0.424 e. The van der Waals surface area contributed by atoms with Gasteiger partial charge in [0.1, 0.15) is 0 Å². The second kappa shape index (κ2) is 12.1. The van der Waals surface area contributed by atoms with Crippen molar-refractivity contribution in [3.8, 4) is 0 Å². The van der Waals surface area contributed by atoms with E-state index in [4.69, 9.17) is 9.16 Å². The second-order valence-corrected chi connectivity index (χ2v) is 4.90. The average molecular weight is 204 g/mol. The van der Waals surface area contributed by atoms with Crippen molar-refractivity contribution in [2.45, 2.75) is 45.1 Å². The Labute approximate surface area is 84.9 Å². The molecule has 0 N–H and O–H groups in total. The molecule has 0 aromatic rings. The number of hydrogen-bond acceptors (Lipinski definition) is 2. The maximum Gasteiger partial charge on any atom is 0.161 e. The van der Waals surface area contributed by atoms with Crippen LogP contribution in [0.25, 0.3) is 0 Å². The van der Waals surface area contributed by atoms with Crippen LogP contribution in [-0.4, -0.2) is 30.1 Å². The smallest absolute Gasteiger partial charge is 0.161 e. The summed E-state index contributed by atoms with van der Waals surface area (Å²) >= 11 is 0. The molecule has 0 aliphatic carbocycles. The molecule has 13 heavy (non-hydrogen) atoms. The molecule has 0 aromatic carbocycles. The normalized spacial score (nSPS) is 11.5. The molecule has 3 heteroatoms. The van der Waals surface area contributed by atoms with Crippen LogP contribution >= 0.6 is 0 Å². The van der Waals surface area contributed by atoms with Gasteiger partial charge >= 0.3 is 0 Å². The van der Waals surface area contributed by atoms with Gasteiger partial charge < -0.3 is 9.16 Å². The maximum atomic E-state index is 5.61. The van der Waals surface area contributed by atoms with Gasteiger partial charge in [0.2, 0.25) is 0 Å². The molecule has 2 nitrogen and oxygen atoms in total. The fraction of sp³-hybridized carbons (Fsp3) is 1.00. The van der Waals surface area contributed by atoms with E-state index in [1.165, 1.54) is 38.1 Å². The summed E-state index contributed by atoms with van der Waals surface area (Å²) in [6, 6.07) is 1.36. The predicted molar refractivity (Wildman–Crippen MR) is 59.9 cm³/mol. The molecule has 0 heterocycles. The van der Waals surface area contributed by atoms with Gasteiger partial charge in [-0.05, 0) is 25.3 Å². The van der Waals surface area contributed by atoms with Crippen molar-refractivity contribution in [1.29, 1.82) is 0 Å². The van der Waals surface area contributed by atoms with Crippen LogP contribution in [0.1, 0.15) is 39.0 Å². The summed E-state index contributed by atoms with van der Waals surface area (Å²) in [6.07, 6.45) is 6.30. The Morgan fingerprint density at radius 3 is 2.46 bits per heavy atom. The van der Waals surface area contributed by atoms with Crippen molar-refractivity contribution < 1.29 is 9.16 Å². The molecule has 0 bridgehead atoms. The molecule has 0 atom stereocenters. The van der Waals surface area contributed by atoms with Gasteiger partial charge in [0.15, 0.2) is 9.76 Å². The van der Waals surface area contributed by atoms with Crippen molar-refractivity contribution in [3.05, 3.63) is 0 Å². The Morgan fingerprint density at radius 2 is 1.77 bits per heavy atom. The highest BCUT2D eigenvalue weighted by molar-refractivity contribution is 6.26. The van der Waals surface area contributed by atoms with E-state index in [1.807, 2.05) is 0 Å². The summed E-state index contributed by atoms with van der Waals surface area (Å²) in [4.78, 5) is 0. The van der Waals surface area contributed by atoms with Crippen LogP contribution < -0.4 is 0 Å². The topological polar surface area (TPSA) is 18.5 Å². The van der Waals surface area contributed by atoms with E-state index in [0.29, 0.717) is 0 Å². The third kappa shape index (κ3) is 12.1. The molecule has 80 valence electrons. The first-order valence-electron chi connectivity index (χ1n) is 5.48. The van der Waals surface area contributed by atoms with Crippen molar-refractivity contribution in [2.24, 2.45) is 0 Å². The summed E-state index contributed by atoms with van der Waals surface area (Å²) in [6.45, 7) is 4.12. The molecule has 0 rings (SSSR count). The van der Waals surface area contributed by atoms with E-state index in [0.717, 1.165) is 13.2 Å². The van der Waals surface area contributed by atoms with Gasteiger partial charge in [-0.25, -0.2) is 0 Å². The van der Waals surface area contributed by atoms with Gasteiger partial charge in [-0.3, -0.25) is 0 Å². The highest BCUT2D eigenvalue weighted by Crippen LogP contribution is 1.98. The Morgan fingerprint density at radius 1 is 1.00 bits per heavy atom. The molecule has 0 aliphatic rings. The van der Waals surface area contributed by atoms with Gasteiger partial charge in [-0.15, -0.1) is 0 Å². The largest absolute Gasteiger partial charge is 0.424 e. The van der Waals surface area contributed by atoms with Crippen LogP contribution in [0.4, 0.5) is 0 Å². The number of methoxy groups -OCH3 is 1. The second-order valence-electron chi connectivity index (χ2n) is 3.37. The SMILES string of the molecule is CCCC[SiH2]OCCCCCOC. The number of rotatable bonds is 10. The number of hydrogen-bond donors (Lipinski definition) is 0. The summed E-state index contributed by atoms with van der Waals surface area (Å²) in [7, 11) is 1.59. The quantitative estimate of drug-likeness (QED) is 0.401. The summed E-state index contributed by atoms with van der Waals surface area (Å²) in [5, 5.41) is 0. The monoisotopic (exact) mass is 204 g/mol. The van der Waals surface area contributed by atoms with Gasteiger partial charge in [-0.2, -0.15) is 0 Å². The standard InChI is InChI=1S/C10H24O2Si/c1-3-4-10-13-12-9-7-5-6-8-11-2/h3-10,13H2,1-2H3. The molecular weight excluding hydrogens is 180 g/mol. The molecule has 0 aromatic heterocycles. The van der Waals surface area contributed by atoms with E-state index in [9.17, 15) is 0 Å². The summed E-state index contributed by atoms with van der Waals surface area (Å²) in [5.41, 5.74) is 0. The zero-order chi connectivity index (χ0) is 9.78. The molecule has 0 amide bonds. The first-order valence-corrected chi connectivity index (χ1v) is 7.06. The lowest BCUT2D eigenvalue weighted by Crippen LogP contribution is -2.00. The maximum absolute atomic E-state index is 5.61. The molecular formula is C10H24O2Si. The Kier molecular flexibility index (Phi) is 12.3. The number of unbranched alkanes of at least 4 members (excludes halogenated alkanes) is 3. The predicted octanol–water partition coefficient (Wildman–Crippen LogP) is 2.12. The first kappa shape index (κ1) is 13.1. The zero-order valence-corrected chi connectivity index (χ0v) is 10.6. The van der Waals surface area contributed by atoms with Crippen LogP contribution in [0.15, 0.2) is 0 Å². The minimum atomic E-state index is -0.170. The Bertz CT molecular complexity index is 79.0. The third-order valence-electron chi connectivity index (χ3n) is 2.03. The highest BCUT2D eigenvalue weighted by Gasteiger charge is 1.91. The molecule has 0 saturated carbocycles. The molecule has 0 saturated heterocycles. The molecule has 0 aliphatic heterocycles. The van der Waals surface area contributed by atoms with Gasteiger partial charge in [-0.1, -0.05) is 19.8 Å². The van der Waals surface area contributed by atoms with E-state index in [2.05, 4.69) is 6.92 Å². The van der Waals surface area contributed by atoms with Gasteiger partial charge in [0.25, 0.3) is 0 Å². The van der Waals surface area contributed by atoms with E-state index in [-0.39, 0.29) is 9.76 Å². The highest BCUT2D eigenvalue weighted by atomic mass is 28.2. The van der Waals surface area contributed by atoms with Crippen LogP contribution in [-0.2, 0) is 9.16 Å². The summed E-state index contributed by atoms with van der Waals surface area (Å²) in [5.74, 6) is 0. The lowest BCUT2D eigenvalue weighted by atomic mass is 10.2. The van der Waals surface area contributed by atoms with Crippen LogP contribution in [0.2, 0.25) is 6.04 Å². The van der Waals surface area contributed by atoms with Gasteiger partial charge in [0.05, 0.1) is 0 Å². The van der Waals surface area contributed by atoms with Crippen molar-refractivity contribution in [3.63, 3.8) is 0 Å².